The van der Waals surface area contributed by atoms with Crippen molar-refractivity contribution in [2.75, 3.05) is 13.1 Å². The fraction of sp³-hybridized carbons (Fsp3) is 0.462. The number of thiocarbonyl (C=S) groups is 1. The fourth-order valence-electron chi connectivity index (χ4n) is 2.27. The second kappa shape index (κ2) is 5.77. The number of hydrogen-bond acceptors (Lipinski definition) is 4. The number of benzene rings is 1. The summed E-state index contributed by atoms with van der Waals surface area (Å²) >= 11 is 4.86. The zero-order valence-corrected chi connectivity index (χ0v) is 13.1. The Labute approximate surface area is 124 Å². The summed E-state index contributed by atoms with van der Waals surface area (Å²) in [7, 11) is -3.50. The van der Waals surface area contributed by atoms with Gasteiger partial charge in [-0.15, -0.1) is 0 Å². The molecule has 0 spiro atoms. The third-order valence-corrected chi connectivity index (χ3v) is 5.24. The van der Waals surface area contributed by atoms with Crippen molar-refractivity contribution in [3.8, 4) is 0 Å². The monoisotopic (exact) mass is 314 g/mol. The molecule has 1 aliphatic rings. The minimum Gasteiger partial charge on any atom is -0.389 e. The van der Waals surface area contributed by atoms with Crippen molar-refractivity contribution in [2.24, 2.45) is 5.73 Å². The Kier molecular flexibility index (Phi) is 4.43. The molecule has 2 rings (SSSR count). The van der Waals surface area contributed by atoms with Crippen LogP contribution in [0.3, 0.4) is 0 Å². The van der Waals surface area contributed by atoms with Crippen molar-refractivity contribution in [3.05, 3.63) is 29.8 Å². The van der Waals surface area contributed by atoms with E-state index in [4.69, 9.17) is 22.7 Å². The molecule has 20 heavy (non-hydrogen) atoms. The maximum atomic E-state index is 12.6. The van der Waals surface area contributed by atoms with Crippen LogP contribution in [0, 0.1) is 0 Å². The van der Waals surface area contributed by atoms with E-state index >= 15 is 0 Å². The topological polar surface area (TPSA) is 72.6 Å². The second-order valence-corrected chi connectivity index (χ2v) is 7.35. The van der Waals surface area contributed by atoms with Gasteiger partial charge in [0.25, 0.3) is 0 Å². The summed E-state index contributed by atoms with van der Waals surface area (Å²) < 4.78 is 32.1. The first kappa shape index (κ1) is 15.4. The molecule has 0 radical (unpaired) electrons. The van der Waals surface area contributed by atoms with E-state index in [9.17, 15) is 8.42 Å². The van der Waals surface area contributed by atoms with Crippen LogP contribution in [0.15, 0.2) is 29.2 Å². The lowest BCUT2D eigenvalue weighted by Crippen LogP contribution is -2.48. The van der Waals surface area contributed by atoms with Crippen molar-refractivity contribution in [1.82, 2.24) is 4.31 Å². The SMILES string of the molecule is CC1CN(S(=O)(=O)c2ccc(C(N)=S)cc2)CC(C)O1. The van der Waals surface area contributed by atoms with Crippen LogP contribution in [0.25, 0.3) is 0 Å². The maximum Gasteiger partial charge on any atom is 0.243 e. The highest BCUT2D eigenvalue weighted by Crippen LogP contribution is 2.21. The first-order valence-electron chi connectivity index (χ1n) is 6.36. The highest BCUT2D eigenvalue weighted by Gasteiger charge is 2.32. The van der Waals surface area contributed by atoms with E-state index < -0.39 is 10.0 Å². The van der Waals surface area contributed by atoms with E-state index in [-0.39, 0.29) is 22.1 Å². The van der Waals surface area contributed by atoms with Crippen molar-refractivity contribution in [2.45, 2.75) is 31.0 Å². The predicted octanol–water partition coefficient (Wildman–Crippen LogP) is 1.12. The van der Waals surface area contributed by atoms with E-state index in [0.717, 1.165) is 0 Å². The first-order chi connectivity index (χ1) is 9.30. The third kappa shape index (κ3) is 3.17. The molecule has 2 atom stereocenters. The molecule has 2 unspecified atom stereocenters. The van der Waals surface area contributed by atoms with E-state index in [1.165, 1.54) is 16.4 Å². The van der Waals surface area contributed by atoms with Crippen LogP contribution in [0.1, 0.15) is 19.4 Å². The van der Waals surface area contributed by atoms with Gasteiger partial charge in [-0.3, -0.25) is 0 Å². The molecule has 2 N–H and O–H groups in total. The maximum absolute atomic E-state index is 12.6. The summed E-state index contributed by atoms with van der Waals surface area (Å²) in [5, 5.41) is 0. The number of nitrogens with two attached hydrogens (primary N) is 1. The average Bonchev–Trinajstić information content (AvgIpc) is 2.37. The van der Waals surface area contributed by atoms with E-state index in [0.29, 0.717) is 18.7 Å². The van der Waals surface area contributed by atoms with Gasteiger partial charge in [0.05, 0.1) is 17.1 Å². The van der Waals surface area contributed by atoms with Crippen molar-refractivity contribution in [1.29, 1.82) is 0 Å². The summed E-state index contributed by atoms with van der Waals surface area (Å²) in [6, 6.07) is 6.33. The van der Waals surface area contributed by atoms with Gasteiger partial charge in [-0.1, -0.05) is 24.4 Å². The van der Waals surface area contributed by atoms with Crippen molar-refractivity contribution >= 4 is 27.2 Å². The lowest BCUT2D eigenvalue weighted by molar-refractivity contribution is -0.0440. The van der Waals surface area contributed by atoms with Gasteiger partial charge in [0.1, 0.15) is 4.99 Å². The Morgan fingerprint density at radius 2 is 1.75 bits per heavy atom. The normalized spacial score (nSPS) is 24.5. The van der Waals surface area contributed by atoms with Crippen LogP contribution >= 0.6 is 12.2 Å². The molecule has 0 aromatic heterocycles. The first-order valence-corrected chi connectivity index (χ1v) is 8.21. The number of hydrogen-bond donors (Lipinski definition) is 1. The van der Waals surface area contributed by atoms with Crippen LogP contribution in [-0.4, -0.2) is 43.0 Å². The highest BCUT2D eigenvalue weighted by atomic mass is 32.2. The van der Waals surface area contributed by atoms with Gasteiger partial charge < -0.3 is 10.5 Å². The standard InChI is InChI=1S/C13H18N2O3S2/c1-9-7-15(8-10(2)18-9)20(16,17)12-5-3-11(4-6-12)13(14)19/h3-6,9-10H,7-8H2,1-2H3,(H2,14,19). The molecule has 5 nitrogen and oxygen atoms in total. The summed E-state index contributed by atoms with van der Waals surface area (Å²) in [5.41, 5.74) is 6.16. The van der Waals surface area contributed by atoms with Crippen LogP contribution in [0.5, 0.6) is 0 Å². The zero-order valence-electron chi connectivity index (χ0n) is 11.4. The fourth-order valence-corrected chi connectivity index (χ4v) is 3.99. The summed E-state index contributed by atoms with van der Waals surface area (Å²) in [6.07, 6.45) is -0.214. The minimum atomic E-state index is -3.50. The van der Waals surface area contributed by atoms with E-state index in [2.05, 4.69) is 0 Å². The Balaban J connectivity index is 2.27. The van der Waals surface area contributed by atoms with Crippen molar-refractivity contribution < 1.29 is 13.2 Å². The van der Waals surface area contributed by atoms with Crippen LogP contribution in [0.2, 0.25) is 0 Å². The van der Waals surface area contributed by atoms with E-state index in [1.54, 1.807) is 12.1 Å². The zero-order chi connectivity index (χ0) is 14.9. The average molecular weight is 314 g/mol. The highest BCUT2D eigenvalue weighted by molar-refractivity contribution is 7.89. The molecule has 1 aliphatic heterocycles. The lowest BCUT2D eigenvalue weighted by Gasteiger charge is -2.34. The number of rotatable bonds is 3. The van der Waals surface area contributed by atoms with Crippen LogP contribution in [-0.2, 0) is 14.8 Å². The van der Waals surface area contributed by atoms with Gasteiger partial charge in [-0.05, 0) is 26.0 Å². The van der Waals surface area contributed by atoms with Gasteiger partial charge in [0.15, 0.2) is 0 Å². The Morgan fingerprint density at radius 1 is 1.25 bits per heavy atom. The molecular formula is C13H18N2O3S2. The number of morpholine rings is 1. The van der Waals surface area contributed by atoms with Gasteiger partial charge >= 0.3 is 0 Å². The summed E-state index contributed by atoms with van der Waals surface area (Å²) in [6.45, 7) is 4.47. The van der Waals surface area contributed by atoms with Crippen LogP contribution < -0.4 is 5.73 Å². The predicted molar refractivity (Wildman–Crippen MR) is 81.1 cm³/mol. The summed E-state index contributed by atoms with van der Waals surface area (Å²) in [5.74, 6) is 0. The quantitative estimate of drug-likeness (QED) is 0.847. The van der Waals surface area contributed by atoms with Gasteiger partial charge in [-0.25, -0.2) is 8.42 Å². The largest absolute Gasteiger partial charge is 0.389 e. The molecule has 1 fully saturated rings. The lowest BCUT2D eigenvalue weighted by atomic mass is 10.2. The third-order valence-electron chi connectivity index (χ3n) is 3.16. The molecule has 7 heteroatoms. The molecule has 1 saturated heterocycles. The second-order valence-electron chi connectivity index (χ2n) is 4.97. The van der Waals surface area contributed by atoms with Gasteiger partial charge in [0.2, 0.25) is 10.0 Å². The Hall–Kier alpha value is -1.02. The molecule has 0 saturated carbocycles. The molecule has 0 bridgehead atoms. The number of nitrogens with zero attached hydrogens (tertiary/aromatic N) is 1. The van der Waals surface area contributed by atoms with Crippen molar-refractivity contribution in [3.63, 3.8) is 0 Å². The van der Waals surface area contributed by atoms with Gasteiger partial charge in [0, 0.05) is 18.7 Å². The number of ether oxygens (including phenoxy) is 1. The summed E-state index contributed by atoms with van der Waals surface area (Å²) in [4.78, 5) is 0.501. The molecule has 110 valence electrons. The Morgan fingerprint density at radius 3 is 2.20 bits per heavy atom. The minimum absolute atomic E-state index is 0.107. The van der Waals surface area contributed by atoms with Gasteiger partial charge in [-0.2, -0.15) is 4.31 Å². The molecule has 0 aliphatic carbocycles. The number of sulfonamides is 1. The molecule has 0 amide bonds. The smallest absolute Gasteiger partial charge is 0.243 e. The molecule has 1 aromatic carbocycles. The van der Waals surface area contributed by atoms with Crippen LogP contribution in [0.4, 0.5) is 0 Å². The molecule has 1 heterocycles. The molecular weight excluding hydrogens is 296 g/mol. The van der Waals surface area contributed by atoms with E-state index in [1.807, 2.05) is 13.8 Å². The molecule has 1 aromatic rings. The Bertz CT molecular complexity index is 589.